The summed E-state index contributed by atoms with van der Waals surface area (Å²) >= 11 is 0. The van der Waals surface area contributed by atoms with Gasteiger partial charge in [-0.2, -0.15) is 0 Å². The van der Waals surface area contributed by atoms with Crippen LogP contribution >= 0.6 is 0 Å². The first-order valence-electron chi connectivity index (χ1n) is 6.49. The van der Waals surface area contributed by atoms with E-state index >= 15 is 0 Å². The van der Waals surface area contributed by atoms with E-state index in [1.807, 2.05) is 37.3 Å². The van der Waals surface area contributed by atoms with E-state index in [0.29, 0.717) is 13.0 Å². The number of para-hydroxylation sites is 1. The quantitative estimate of drug-likeness (QED) is 0.896. The molecule has 0 bridgehead atoms. The maximum Gasteiger partial charge on any atom is 0.308 e. The van der Waals surface area contributed by atoms with Crippen LogP contribution in [-0.4, -0.2) is 29.1 Å². The lowest BCUT2D eigenvalue weighted by Gasteiger charge is -2.20. The first-order chi connectivity index (χ1) is 9.15. The maximum absolute atomic E-state index is 11.1. The topological polar surface area (TPSA) is 53.4 Å². The summed E-state index contributed by atoms with van der Waals surface area (Å²) in [5.74, 6) is -0.954. The summed E-state index contributed by atoms with van der Waals surface area (Å²) in [4.78, 5) is 17.8. The fourth-order valence-electron chi connectivity index (χ4n) is 2.73. The number of carboxylic acids is 1. The van der Waals surface area contributed by atoms with Crippen LogP contribution in [0.25, 0.3) is 10.9 Å². The molecule has 0 saturated carbocycles. The largest absolute Gasteiger partial charge is 0.481 e. The van der Waals surface area contributed by atoms with Crippen molar-refractivity contribution in [2.75, 3.05) is 18.0 Å². The lowest BCUT2D eigenvalue weighted by Crippen LogP contribution is -2.23. The molecule has 19 heavy (non-hydrogen) atoms. The number of rotatable bonds is 2. The van der Waals surface area contributed by atoms with Crippen molar-refractivity contribution in [1.29, 1.82) is 0 Å². The number of fused-ring (bicyclic) bond motifs is 1. The molecule has 1 saturated heterocycles. The van der Waals surface area contributed by atoms with Crippen molar-refractivity contribution in [3.8, 4) is 0 Å². The minimum Gasteiger partial charge on any atom is -0.481 e. The zero-order valence-corrected chi connectivity index (χ0v) is 10.8. The van der Waals surface area contributed by atoms with Gasteiger partial charge in [0.1, 0.15) is 0 Å². The van der Waals surface area contributed by atoms with Crippen molar-refractivity contribution in [3.63, 3.8) is 0 Å². The van der Waals surface area contributed by atoms with Crippen molar-refractivity contribution < 1.29 is 9.90 Å². The Morgan fingerprint density at radius 2 is 2.21 bits per heavy atom. The summed E-state index contributed by atoms with van der Waals surface area (Å²) < 4.78 is 0. The molecule has 4 heteroatoms. The van der Waals surface area contributed by atoms with Crippen LogP contribution in [0.15, 0.2) is 30.3 Å². The summed E-state index contributed by atoms with van der Waals surface area (Å²) in [5.41, 5.74) is 3.04. The van der Waals surface area contributed by atoms with E-state index in [4.69, 9.17) is 5.11 Å². The molecule has 0 aliphatic carbocycles. The molecular weight excluding hydrogens is 240 g/mol. The Hall–Kier alpha value is -2.10. The highest BCUT2D eigenvalue weighted by molar-refractivity contribution is 5.92. The van der Waals surface area contributed by atoms with E-state index in [1.54, 1.807) is 0 Å². The van der Waals surface area contributed by atoms with Gasteiger partial charge < -0.3 is 10.0 Å². The Morgan fingerprint density at radius 1 is 1.42 bits per heavy atom. The van der Waals surface area contributed by atoms with Crippen LogP contribution in [0.4, 0.5) is 5.69 Å². The fourth-order valence-corrected chi connectivity index (χ4v) is 2.73. The summed E-state index contributed by atoms with van der Waals surface area (Å²) in [5, 5.41) is 10.2. The van der Waals surface area contributed by atoms with Gasteiger partial charge in [0.05, 0.1) is 11.4 Å². The molecule has 0 amide bonds. The number of carboxylic acid groups (broad SMARTS) is 1. The highest BCUT2D eigenvalue weighted by Gasteiger charge is 2.28. The SMILES string of the molecule is Cc1cc(N2CCC(C(=O)O)C2)c2ccccc2n1. The van der Waals surface area contributed by atoms with E-state index in [-0.39, 0.29) is 5.92 Å². The molecule has 1 aromatic heterocycles. The zero-order chi connectivity index (χ0) is 13.4. The van der Waals surface area contributed by atoms with Gasteiger partial charge in [-0.05, 0) is 25.5 Å². The molecule has 0 radical (unpaired) electrons. The Kier molecular flexibility index (Phi) is 2.85. The van der Waals surface area contributed by atoms with Crippen molar-refractivity contribution in [3.05, 3.63) is 36.0 Å². The maximum atomic E-state index is 11.1. The van der Waals surface area contributed by atoms with E-state index in [0.717, 1.165) is 28.8 Å². The van der Waals surface area contributed by atoms with Gasteiger partial charge in [-0.15, -0.1) is 0 Å². The highest BCUT2D eigenvalue weighted by atomic mass is 16.4. The third-order valence-electron chi connectivity index (χ3n) is 3.70. The minimum absolute atomic E-state index is 0.257. The second-order valence-corrected chi connectivity index (χ2v) is 5.07. The number of aromatic nitrogens is 1. The van der Waals surface area contributed by atoms with Gasteiger partial charge in [0.15, 0.2) is 0 Å². The van der Waals surface area contributed by atoms with Gasteiger partial charge in [-0.25, -0.2) is 0 Å². The molecule has 1 atom stereocenters. The van der Waals surface area contributed by atoms with Gasteiger partial charge in [0.2, 0.25) is 0 Å². The van der Waals surface area contributed by atoms with Crippen LogP contribution in [0.5, 0.6) is 0 Å². The molecule has 1 aliphatic heterocycles. The molecule has 4 nitrogen and oxygen atoms in total. The van der Waals surface area contributed by atoms with Crippen LogP contribution in [0, 0.1) is 12.8 Å². The van der Waals surface area contributed by atoms with Crippen LogP contribution in [0.2, 0.25) is 0 Å². The number of anilines is 1. The van der Waals surface area contributed by atoms with Gasteiger partial charge in [-0.1, -0.05) is 18.2 Å². The molecule has 2 aromatic rings. The van der Waals surface area contributed by atoms with Crippen LogP contribution in [0.1, 0.15) is 12.1 Å². The Bertz CT molecular complexity index is 639. The van der Waals surface area contributed by atoms with E-state index in [1.165, 1.54) is 0 Å². The van der Waals surface area contributed by atoms with Crippen LogP contribution < -0.4 is 4.90 Å². The number of nitrogens with zero attached hydrogens (tertiary/aromatic N) is 2. The molecular formula is C15H16N2O2. The monoisotopic (exact) mass is 256 g/mol. The van der Waals surface area contributed by atoms with Crippen molar-refractivity contribution >= 4 is 22.6 Å². The lowest BCUT2D eigenvalue weighted by molar-refractivity contribution is -0.140. The minimum atomic E-state index is -0.697. The van der Waals surface area contributed by atoms with Gasteiger partial charge in [0, 0.05) is 29.9 Å². The van der Waals surface area contributed by atoms with Crippen molar-refractivity contribution in [2.24, 2.45) is 5.92 Å². The summed E-state index contributed by atoms with van der Waals surface area (Å²) in [6.07, 6.45) is 0.713. The second-order valence-electron chi connectivity index (χ2n) is 5.07. The number of hydrogen-bond donors (Lipinski definition) is 1. The van der Waals surface area contributed by atoms with Gasteiger partial charge in [0.25, 0.3) is 0 Å². The normalized spacial score (nSPS) is 19.0. The number of benzene rings is 1. The fraction of sp³-hybridized carbons (Fsp3) is 0.333. The Labute approximate surface area is 111 Å². The molecule has 0 spiro atoms. The molecule has 1 unspecified atom stereocenters. The van der Waals surface area contributed by atoms with E-state index in [9.17, 15) is 4.79 Å². The standard InChI is InChI=1S/C15H16N2O2/c1-10-8-14(12-4-2-3-5-13(12)16-10)17-7-6-11(9-17)15(18)19/h2-5,8,11H,6-7,9H2,1H3,(H,18,19). The van der Waals surface area contributed by atoms with Crippen LogP contribution in [-0.2, 0) is 4.79 Å². The second kappa shape index (κ2) is 4.53. The van der Waals surface area contributed by atoms with Gasteiger partial charge in [-0.3, -0.25) is 9.78 Å². The van der Waals surface area contributed by atoms with E-state index in [2.05, 4.69) is 9.88 Å². The average Bonchev–Trinajstić information content (AvgIpc) is 2.87. The average molecular weight is 256 g/mol. The number of carbonyl (C=O) groups is 1. The van der Waals surface area contributed by atoms with Crippen molar-refractivity contribution in [1.82, 2.24) is 4.98 Å². The molecule has 1 fully saturated rings. The molecule has 1 aromatic carbocycles. The first kappa shape index (κ1) is 12.0. The third-order valence-corrected chi connectivity index (χ3v) is 3.70. The molecule has 2 heterocycles. The molecule has 1 aliphatic rings. The molecule has 98 valence electrons. The number of pyridine rings is 1. The van der Waals surface area contributed by atoms with Crippen LogP contribution in [0.3, 0.4) is 0 Å². The summed E-state index contributed by atoms with van der Waals surface area (Å²) in [6, 6.07) is 10.1. The van der Waals surface area contributed by atoms with E-state index < -0.39 is 5.97 Å². The smallest absolute Gasteiger partial charge is 0.308 e. The molecule has 3 rings (SSSR count). The molecule has 1 N–H and O–H groups in total. The summed E-state index contributed by atoms with van der Waals surface area (Å²) in [6.45, 7) is 3.36. The Morgan fingerprint density at radius 3 is 2.95 bits per heavy atom. The number of aliphatic carboxylic acids is 1. The Balaban J connectivity index is 2.03. The third kappa shape index (κ3) is 2.14. The first-order valence-corrected chi connectivity index (χ1v) is 6.49. The van der Waals surface area contributed by atoms with Crippen molar-refractivity contribution in [2.45, 2.75) is 13.3 Å². The number of aryl methyl sites for hydroxylation is 1. The number of hydrogen-bond acceptors (Lipinski definition) is 3. The predicted molar refractivity (Wildman–Crippen MR) is 74.4 cm³/mol. The summed E-state index contributed by atoms with van der Waals surface area (Å²) in [7, 11) is 0. The van der Waals surface area contributed by atoms with Gasteiger partial charge >= 0.3 is 5.97 Å². The zero-order valence-electron chi connectivity index (χ0n) is 10.8. The lowest BCUT2D eigenvalue weighted by atomic mass is 10.1. The predicted octanol–water partition coefficient (Wildman–Crippen LogP) is 2.45. The highest BCUT2D eigenvalue weighted by Crippen LogP contribution is 2.30.